The van der Waals surface area contributed by atoms with Gasteiger partial charge in [0.1, 0.15) is 0 Å². The largest absolute Gasteiger partial charge is 0.500 e. The molecule has 0 aliphatic heterocycles. The summed E-state index contributed by atoms with van der Waals surface area (Å²) in [6, 6.07) is 21.8. The Morgan fingerprint density at radius 3 is 1.50 bits per heavy atom. The number of nitrogens with zero attached hydrogens (tertiary/aromatic N) is 1. The predicted octanol–water partition coefficient (Wildman–Crippen LogP) is 5.26. The molecule has 0 atom stereocenters. The molecular weight excluding hydrogens is 342 g/mol. The smallest absolute Gasteiger partial charge is 0.374 e. The van der Waals surface area contributed by atoms with Gasteiger partial charge in [-0.15, -0.1) is 0 Å². The molecule has 0 heterocycles. The lowest BCUT2D eigenvalue weighted by molar-refractivity contribution is 0.0710. The molecule has 0 saturated carbocycles. The molecule has 0 aromatic heterocycles. The predicted molar refractivity (Wildman–Crippen MR) is 110 cm³/mol. The summed E-state index contributed by atoms with van der Waals surface area (Å²) in [6.45, 7) is 8.74. The van der Waals surface area contributed by atoms with Crippen LogP contribution in [0, 0.1) is 0 Å². The first kappa shape index (κ1) is 20.6. The Kier molecular flexibility index (Phi) is 8.84. The minimum absolute atomic E-state index is 0.618. The summed E-state index contributed by atoms with van der Waals surface area (Å²) < 4.78 is 17.9. The second-order valence-corrected chi connectivity index (χ2v) is 8.64. The van der Waals surface area contributed by atoms with E-state index in [1.807, 2.05) is 32.9 Å². The van der Waals surface area contributed by atoms with Gasteiger partial charge in [0.2, 0.25) is 0 Å². The van der Waals surface area contributed by atoms with Crippen molar-refractivity contribution in [1.82, 2.24) is 0 Å². The summed E-state index contributed by atoms with van der Waals surface area (Å²) in [5.74, 6) is 0. The van der Waals surface area contributed by atoms with Crippen LogP contribution in [-0.4, -0.2) is 35.2 Å². The van der Waals surface area contributed by atoms with E-state index in [4.69, 9.17) is 13.3 Å². The van der Waals surface area contributed by atoms with Gasteiger partial charge in [-0.25, -0.2) is 0 Å². The monoisotopic (exact) mass is 373 g/mol. The molecule has 26 heavy (non-hydrogen) atoms. The molecule has 0 spiro atoms. The highest BCUT2D eigenvalue weighted by molar-refractivity contribution is 6.60. The third-order valence-corrected chi connectivity index (χ3v) is 7.24. The molecule has 0 saturated heterocycles. The molecule has 0 fully saturated rings. The van der Waals surface area contributed by atoms with Crippen LogP contribution in [0.25, 0.3) is 0 Å². The van der Waals surface area contributed by atoms with Crippen LogP contribution in [0.2, 0.25) is 6.04 Å². The van der Waals surface area contributed by atoms with Crippen LogP contribution in [0.5, 0.6) is 0 Å². The quantitative estimate of drug-likeness (QED) is 0.475. The molecule has 2 aromatic rings. The third kappa shape index (κ3) is 5.95. The van der Waals surface area contributed by atoms with Crippen molar-refractivity contribution in [3.05, 3.63) is 60.7 Å². The molecule has 142 valence electrons. The van der Waals surface area contributed by atoms with Gasteiger partial charge in [-0.05, 0) is 51.5 Å². The van der Waals surface area contributed by atoms with E-state index in [0.29, 0.717) is 19.8 Å². The van der Waals surface area contributed by atoms with Crippen molar-refractivity contribution in [3.8, 4) is 0 Å². The van der Waals surface area contributed by atoms with Crippen molar-refractivity contribution in [1.29, 1.82) is 0 Å². The Hall–Kier alpha value is -1.66. The number of para-hydroxylation sites is 2. The van der Waals surface area contributed by atoms with Crippen LogP contribution < -0.4 is 4.90 Å². The minimum Gasteiger partial charge on any atom is -0.374 e. The third-order valence-electron chi connectivity index (χ3n) is 4.09. The Bertz CT molecular complexity index is 553. The normalized spacial score (nSPS) is 11.5. The van der Waals surface area contributed by atoms with Crippen LogP contribution >= 0.6 is 0 Å². The summed E-state index contributed by atoms with van der Waals surface area (Å²) in [7, 11) is -2.59. The van der Waals surface area contributed by atoms with Crippen LogP contribution in [0.1, 0.15) is 27.2 Å². The van der Waals surface area contributed by atoms with E-state index in [9.17, 15) is 0 Å². The number of benzene rings is 2. The average molecular weight is 374 g/mol. The summed E-state index contributed by atoms with van der Waals surface area (Å²) in [5, 5.41) is 0. The second-order valence-electron chi connectivity index (χ2n) is 5.91. The van der Waals surface area contributed by atoms with Crippen molar-refractivity contribution < 1.29 is 13.3 Å². The van der Waals surface area contributed by atoms with E-state index >= 15 is 0 Å². The van der Waals surface area contributed by atoms with Crippen molar-refractivity contribution >= 4 is 20.2 Å². The van der Waals surface area contributed by atoms with Gasteiger partial charge in [-0.3, -0.25) is 0 Å². The zero-order chi connectivity index (χ0) is 18.7. The van der Waals surface area contributed by atoms with Gasteiger partial charge in [0.25, 0.3) is 0 Å². The Balaban J connectivity index is 2.11. The number of hydrogen-bond acceptors (Lipinski definition) is 4. The van der Waals surface area contributed by atoms with E-state index in [2.05, 4.69) is 53.4 Å². The zero-order valence-corrected chi connectivity index (χ0v) is 17.2. The van der Waals surface area contributed by atoms with Gasteiger partial charge in [-0.1, -0.05) is 36.4 Å². The topological polar surface area (TPSA) is 30.9 Å². The van der Waals surface area contributed by atoms with Gasteiger partial charge >= 0.3 is 8.80 Å². The molecule has 0 amide bonds. The number of hydrogen-bond donors (Lipinski definition) is 0. The highest BCUT2D eigenvalue weighted by Crippen LogP contribution is 2.27. The van der Waals surface area contributed by atoms with Crippen LogP contribution in [-0.2, 0) is 13.3 Å². The minimum atomic E-state index is -2.59. The average Bonchev–Trinajstić information content (AvgIpc) is 2.67. The Labute approximate surface area is 159 Å². The highest BCUT2D eigenvalue weighted by atomic mass is 28.4. The second kappa shape index (κ2) is 11.1. The molecule has 5 heteroatoms. The summed E-state index contributed by atoms with van der Waals surface area (Å²) in [5.41, 5.74) is 2.38. The summed E-state index contributed by atoms with van der Waals surface area (Å²) in [4.78, 5) is 2.34. The van der Waals surface area contributed by atoms with E-state index in [0.717, 1.165) is 19.0 Å². The van der Waals surface area contributed by atoms with E-state index in [1.54, 1.807) is 0 Å². The van der Waals surface area contributed by atoms with Gasteiger partial charge in [0.05, 0.1) is 0 Å². The Morgan fingerprint density at radius 2 is 1.12 bits per heavy atom. The standard InChI is InChI=1S/C21H31NO3Si/c1-4-23-26(24-5-2,25-6-3)19-13-18-22(20-14-9-7-10-15-20)21-16-11-8-12-17-21/h7-12,14-17H,4-6,13,18-19H2,1-3H3. The summed E-state index contributed by atoms with van der Waals surface area (Å²) >= 11 is 0. The lowest BCUT2D eigenvalue weighted by Crippen LogP contribution is -2.46. The lowest BCUT2D eigenvalue weighted by Gasteiger charge is -2.30. The maximum absolute atomic E-state index is 5.98. The lowest BCUT2D eigenvalue weighted by atomic mass is 10.2. The molecule has 0 aliphatic rings. The molecule has 2 rings (SSSR count). The first-order valence-corrected chi connectivity index (χ1v) is 11.5. The fraction of sp³-hybridized carbons (Fsp3) is 0.429. The molecule has 2 aromatic carbocycles. The van der Waals surface area contributed by atoms with Gasteiger partial charge in [-0.2, -0.15) is 0 Å². The maximum atomic E-state index is 5.98. The van der Waals surface area contributed by atoms with Gasteiger partial charge in [0.15, 0.2) is 0 Å². The number of anilines is 2. The van der Waals surface area contributed by atoms with Crippen molar-refractivity contribution in [2.24, 2.45) is 0 Å². The fourth-order valence-electron chi connectivity index (χ4n) is 3.08. The fourth-order valence-corrected chi connectivity index (χ4v) is 5.67. The van der Waals surface area contributed by atoms with E-state index in [1.165, 1.54) is 11.4 Å². The molecular formula is C21H31NO3Si. The molecule has 0 N–H and O–H groups in total. The molecule has 0 radical (unpaired) electrons. The van der Waals surface area contributed by atoms with E-state index in [-0.39, 0.29) is 0 Å². The van der Waals surface area contributed by atoms with Crippen LogP contribution in [0.4, 0.5) is 11.4 Å². The number of rotatable bonds is 12. The SMILES string of the molecule is CCO[Si](CCCN(c1ccccc1)c1ccccc1)(OCC)OCC. The highest BCUT2D eigenvalue weighted by Gasteiger charge is 2.39. The van der Waals surface area contributed by atoms with Crippen molar-refractivity contribution in [3.63, 3.8) is 0 Å². The van der Waals surface area contributed by atoms with Crippen molar-refractivity contribution in [2.75, 3.05) is 31.3 Å². The van der Waals surface area contributed by atoms with Gasteiger partial charge < -0.3 is 18.2 Å². The first-order chi connectivity index (χ1) is 12.7. The molecule has 0 bridgehead atoms. The van der Waals surface area contributed by atoms with E-state index < -0.39 is 8.80 Å². The first-order valence-electron chi connectivity index (χ1n) is 9.54. The molecule has 0 unspecified atom stereocenters. The van der Waals surface area contributed by atoms with Crippen LogP contribution in [0.15, 0.2) is 60.7 Å². The maximum Gasteiger partial charge on any atom is 0.500 e. The van der Waals surface area contributed by atoms with Crippen LogP contribution in [0.3, 0.4) is 0 Å². The zero-order valence-electron chi connectivity index (χ0n) is 16.2. The molecule has 4 nitrogen and oxygen atoms in total. The summed E-state index contributed by atoms with van der Waals surface area (Å²) in [6.07, 6.45) is 0.940. The van der Waals surface area contributed by atoms with Crippen molar-refractivity contribution in [2.45, 2.75) is 33.2 Å². The molecule has 0 aliphatic carbocycles. The Morgan fingerprint density at radius 1 is 0.692 bits per heavy atom. The van der Waals surface area contributed by atoms with Gasteiger partial charge in [0, 0.05) is 43.8 Å².